The van der Waals surface area contributed by atoms with Crippen LogP contribution < -0.4 is 54.4 Å². The Bertz CT molecular complexity index is 2270. The van der Waals surface area contributed by atoms with E-state index in [2.05, 4.69) is 37.2 Å². The van der Waals surface area contributed by atoms with Crippen LogP contribution in [0.1, 0.15) is 78.2 Å². The Balaban J connectivity index is 0.00000263. The minimum atomic E-state index is -5.08. The van der Waals surface area contributed by atoms with Gasteiger partial charge in [-0.15, -0.1) is 0 Å². The lowest BCUT2D eigenvalue weighted by Gasteiger charge is -2.31. The van der Waals surface area contributed by atoms with Gasteiger partial charge in [-0.25, -0.2) is 4.79 Å². The Morgan fingerprint density at radius 2 is 1.37 bits per heavy atom. The summed E-state index contributed by atoms with van der Waals surface area (Å²) in [5, 5.41) is 43.7. The fraction of sp³-hybridized carbons (Fsp3) is 0.600. The third-order valence-electron chi connectivity index (χ3n) is 11.5. The average Bonchev–Trinajstić information content (AvgIpc) is 3.83. The first kappa shape index (κ1) is 65.2. The summed E-state index contributed by atoms with van der Waals surface area (Å²) in [4.78, 5) is 157. The van der Waals surface area contributed by atoms with Gasteiger partial charge >= 0.3 is 18.1 Å². The molecule has 2 aliphatic heterocycles. The van der Waals surface area contributed by atoms with Crippen LogP contribution in [0.15, 0.2) is 24.3 Å². The number of alkyl halides is 3. The summed E-state index contributed by atoms with van der Waals surface area (Å²) in [6.45, 7) is 6.31. The van der Waals surface area contributed by atoms with Crippen LogP contribution in [-0.4, -0.2) is 170 Å². The minimum Gasteiger partial charge on any atom is -0.508 e. The van der Waals surface area contributed by atoms with Crippen molar-refractivity contribution in [1.82, 2.24) is 42.1 Å². The Kier molecular flexibility index (Phi) is 26.8. The van der Waals surface area contributed by atoms with Crippen molar-refractivity contribution >= 4 is 92.6 Å². The number of likely N-dealkylation sites (tertiary alicyclic amines) is 1. The molecular weight excluding hydrogens is 1060 g/mol. The number of benzene rings is 1. The summed E-state index contributed by atoms with van der Waals surface area (Å²) in [6.07, 6.45) is -5.88. The topological polar surface area (TPSA) is 431 Å². The smallest absolute Gasteiger partial charge is 0.490 e. The molecule has 76 heavy (non-hydrogen) atoms. The average molecular weight is 1120 g/mol. The number of aliphatic carboxylic acids is 2. The zero-order valence-corrected chi connectivity index (χ0v) is 43.6. The first-order valence-corrected chi connectivity index (χ1v) is 26.2. The predicted molar refractivity (Wildman–Crippen MR) is 267 cm³/mol. The third kappa shape index (κ3) is 22.5. The highest BCUT2D eigenvalue weighted by molar-refractivity contribution is 8.76. The molecule has 1 aromatic rings. The van der Waals surface area contributed by atoms with E-state index >= 15 is 0 Å². The van der Waals surface area contributed by atoms with Gasteiger partial charge in [-0.3, -0.25) is 52.7 Å². The number of amides is 10. The van der Waals surface area contributed by atoms with E-state index in [1.165, 1.54) is 29.2 Å². The van der Waals surface area contributed by atoms with Crippen LogP contribution in [-0.2, 0) is 64.0 Å². The van der Waals surface area contributed by atoms with Gasteiger partial charge in [0.25, 0.3) is 0 Å². The van der Waals surface area contributed by atoms with E-state index in [9.17, 15) is 71.0 Å². The zero-order valence-electron chi connectivity index (χ0n) is 41.9. The molecule has 16 N–H and O–H groups in total. The highest BCUT2D eigenvalue weighted by Crippen LogP contribution is 2.26. The monoisotopic (exact) mass is 1120 g/mol. The number of hydrogen-bond donors (Lipinski definition) is 13. The van der Waals surface area contributed by atoms with Gasteiger partial charge in [-0.2, -0.15) is 13.2 Å². The van der Waals surface area contributed by atoms with Crippen LogP contribution in [0.2, 0.25) is 0 Å². The Hall–Kier alpha value is -6.89. The highest BCUT2D eigenvalue weighted by atomic mass is 33.1. The molecule has 10 amide bonds. The number of nitrogens with zero attached hydrogens (tertiary/aromatic N) is 1. The van der Waals surface area contributed by atoms with Gasteiger partial charge in [0.15, 0.2) is 0 Å². The number of nitrogens with two attached hydrogens (primary N) is 3. The number of rotatable bonds is 17. The van der Waals surface area contributed by atoms with Gasteiger partial charge in [-0.1, -0.05) is 67.8 Å². The van der Waals surface area contributed by atoms with Gasteiger partial charge in [0, 0.05) is 30.9 Å². The summed E-state index contributed by atoms with van der Waals surface area (Å²) >= 11 is 0. The fourth-order valence-corrected chi connectivity index (χ4v) is 9.61. The van der Waals surface area contributed by atoms with Gasteiger partial charge in [0.05, 0.1) is 12.5 Å². The van der Waals surface area contributed by atoms with Crippen molar-refractivity contribution < 1.29 is 86.0 Å². The minimum absolute atomic E-state index is 0.0332. The molecule has 1 aromatic carbocycles. The van der Waals surface area contributed by atoms with Crippen molar-refractivity contribution in [2.75, 3.05) is 24.6 Å². The molecule has 0 saturated carbocycles. The van der Waals surface area contributed by atoms with E-state index in [-0.39, 0.29) is 49.0 Å². The number of phenolic OH excluding ortho intramolecular Hbond substituents is 1. The summed E-state index contributed by atoms with van der Waals surface area (Å²) in [5.41, 5.74) is 17.7. The highest BCUT2D eigenvalue weighted by Gasteiger charge is 2.41. The lowest BCUT2D eigenvalue weighted by molar-refractivity contribution is -0.192. The van der Waals surface area contributed by atoms with E-state index in [0.717, 1.165) is 21.6 Å². The lowest BCUT2D eigenvalue weighted by Crippen LogP contribution is -2.61. The molecule has 3 unspecified atom stereocenters. The molecule has 2 saturated heterocycles. The molecule has 31 heteroatoms. The molecule has 0 aliphatic carbocycles. The number of hydrogen-bond acceptors (Lipinski definition) is 16. The number of carboxylic acids is 2. The quantitative estimate of drug-likeness (QED) is 0.0725. The van der Waals surface area contributed by atoms with Gasteiger partial charge < -0.3 is 74.6 Å². The maximum Gasteiger partial charge on any atom is 0.490 e. The first-order valence-electron chi connectivity index (χ1n) is 23.7. The first-order chi connectivity index (χ1) is 35.4. The number of halogens is 3. The van der Waals surface area contributed by atoms with E-state index in [0.29, 0.717) is 18.4 Å². The van der Waals surface area contributed by atoms with Crippen molar-refractivity contribution in [3.05, 3.63) is 29.8 Å². The molecule has 2 aliphatic rings. The standard InChI is InChI=1S/C43H65N11O13S2.C2HF3O2/c1-5-22(4)35-42(66)48-26(12-13-32(45)56)38(62)50-29(17-33(46)57)39(63)52-30(20-69-68-19-25(44)36(60)49-28(40(64)53-35)16-23-8-10-24(55)11-9-23)43(67)54-14-6-7-31(54)41(65)51-27(15-21(2)3)37(61)47-18-34(58)59;3-2(4,5)1(6)7/h8-11,21-22,25-31,35,55H,5-7,12-20,44H2,1-4H3,(H2,45,56)(H2,46,57)(H,47,61)(H,48,66)(H,49,60)(H,50,62)(H,51,65)(H,52,63)(H,53,64)(H,58,59);(H,6,7)/t22-,25-,26?,27-,28?,29-,30?,31-,35-;/m0./s1. The maximum absolute atomic E-state index is 14.5. The number of carbonyl (C=O) groups excluding carboxylic acids is 10. The molecule has 0 radical (unpaired) electrons. The van der Waals surface area contributed by atoms with Gasteiger partial charge in [-0.05, 0) is 55.2 Å². The van der Waals surface area contributed by atoms with Crippen LogP contribution in [0.25, 0.3) is 0 Å². The molecule has 2 heterocycles. The number of nitrogens with one attached hydrogen (secondary N) is 7. The van der Waals surface area contributed by atoms with E-state index in [4.69, 9.17) is 32.2 Å². The number of phenols is 1. The Labute approximate surface area is 442 Å². The summed E-state index contributed by atoms with van der Waals surface area (Å²) < 4.78 is 31.7. The van der Waals surface area contributed by atoms with Crippen LogP contribution in [0.4, 0.5) is 13.2 Å². The molecular formula is C45H66F3N11O15S2. The molecule has 2 fully saturated rings. The number of aromatic hydroxyl groups is 1. The van der Waals surface area contributed by atoms with Crippen molar-refractivity contribution in [2.45, 2.75) is 134 Å². The van der Waals surface area contributed by atoms with E-state index < -0.39 is 157 Å². The molecule has 424 valence electrons. The van der Waals surface area contributed by atoms with Crippen LogP contribution in [0, 0.1) is 11.8 Å². The van der Waals surface area contributed by atoms with Crippen LogP contribution in [0.3, 0.4) is 0 Å². The Morgan fingerprint density at radius 1 is 0.803 bits per heavy atom. The van der Waals surface area contributed by atoms with Crippen LogP contribution >= 0.6 is 21.6 Å². The number of primary amides is 2. The summed E-state index contributed by atoms with van der Waals surface area (Å²) in [7, 11) is 2.03. The number of carboxylic acid groups (broad SMARTS) is 2. The largest absolute Gasteiger partial charge is 0.508 e. The molecule has 0 aromatic heterocycles. The maximum atomic E-state index is 14.5. The SMILES string of the molecule is CC[C@H](C)[C@@H]1NC(=O)C(Cc2ccc(O)cc2)NC(=O)[C@@H](N)CSSCC(C(=O)N2CCC[C@H]2C(=O)N[C@@H](CC(C)C)C(=O)NCC(=O)O)NC(=O)[C@H](CC(N)=O)NC(=O)C(CCC(N)=O)NC1=O.O=C(O)C(F)(F)F. The lowest BCUT2D eigenvalue weighted by atomic mass is 9.96. The normalized spacial score (nSPS) is 23.1. The van der Waals surface area contributed by atoms with Crippen molar-refractivity contribution in [3.63, 3.8) is 0 Å². The molecule has 26 nitrogen and oxygen atoms in total. The predicted octanol–water partition coefficient (Wildman–Crippen LogP) is -2.38. The van der Waals surface area contributed by atoms with Crippen molar-refractivity contribution in [3.8, 4) is 5.75 Å². The van der Waals surface area contributed by atoms with E-state index in [1.807, 2.05) is 0 Å². The second kappa shape index (κ2) is 31.2. The summed E-state index contributed by atoms with van der Waals surface area (Å²) in [5.74, 6) is -13.9. The van der Waals surface area contributed by atoms with E-state index in [1.54, 1.807) is 27.7 Å². The number of carbonyl (C=O) groups is 12. The van der Waals surface area contributed by atoms with Gasteiger partial charge in [0.2, 0.25) is 59.1 Å². The van der Waals surface area contributed by atoms with Crippen LogP contribution in [0.5, 0.6) is 5.75 Å². The summed E-state index contributed by atoms with van der Waals surface area (Å²) in [6, 6.07) is -5.19. The van der Waals surface area contributed by atoms with Gasteiger partial charge in [0.1, 0.15) is 54.6 Å². The van der Waals surface area contributed by atoms with Crippen molar-refractivity contribution in [2.24, 2.45) is 29.0 Å². The molecule has 0 bridgehead atoms. The molecule has 0 spiro atoms. The molecule has 9 atom stereocenters. The zero-order chi connectivity index (χ0) is 57.6. The molecule has 3 rings (SSSR count). The van der Waals surface area contributed by atoms with Crippen molar-refractivity contribution in [1.29, 1.82) is 0 Å². The second-order valence-corrected chi connectivity index (χ2v) is 20.7. The Morgan fingerprint density at radius 3 is 1.92 bits per heavy atom. The second-order valence-electron chi connectivity index (χ2n) is 18.1. The fourth-order valence-electron chi connectivity index (χ4n) is 7.33. The third-order valence-corrected chi connectivity index (χ3v) is 14.0.